The van der Waals surface area contributed by atoms with Crippen LogP contribution < -0.4 is 0 Å². The van der Waals surface area contributed by atoms with Gasteiger partial charge in [0.05, 0.1) is 0 Å². The number of imide groups is 2. The Morgan fingerprint density at radius 3 is 1.17 bits per heavy atom. The summed E-state index contributed by atoms with van der Waals surface area (Å²) in [4.78, 5) is 105. The molecule has 0 aromatic heterocycles. The number of nitrogens with zero attached hydrogens (tertiary/aromatic N) is 4. The summed E-state index contributed by atoms with van der Waals surface area (Å²) in [5, 5.41) is -0.188. The number of carbonyl (C=O) groups excluding carboxylic acids is 8. The van der Waals surface area contributed by atoms with Crippen LogP contribution in [0.1, 0.15) is 13.8 Å². The van der Waals surface area contributed by atoms with E-state index in [1.807, 2.05) is 0 Å². The number of hydrogen-bond acceptors (Lipinski definition) is 10. The zero-order valence-corrected chi connectivity index (χ0v) is 15.6. The molecule has 158 valence electrons. The maximum atomic E-state index is 12.5. The zero-order chi connectivity index (χ0) is 22.6. The SMILES string of the molecule is CC(=O)ON(C(=O)CN1C(=O)C=CC1=O)N(OC(C)=O)C(=O)CN1C(=O)C=CC1=O. The number of carbonyl (C=O) groups is 8. The molecule has 0 aromatic rings. The molecule has 0 N–H and O–H groups in total. The molecule has 2 rings (SSSR count). The second-order valence-electron chi connectivity index (χ2n) is 5.69. The van der Waals surface area contributed by atoms with Crippen molar-refractivity contribution < 1.29 is 48.0 Å². The second kappa shape index (κ2) is 8.76. The smallest absolute Gasteiger partial charge is 0.315 e. The van der Waals surface area contributed by atoms with Gasteiger partial charge in [-0.25, -0.2) is 9.59 Å². The minimum Gasteiger partial charge on any atom is -0.315 e. The van der Waals surface area contributed by atoms with E-state index in [0.29, 0.717) is 9.80 Å². The molecule has 0 unspecified atom stereocenters. The summed E-state index contributed by atoms with van der Waals surface area (Å²) in [5.74, 6) is -8.32. The molecule has 0 atom stereocenters. The lowest BCUT2D eigenvalue weighted by Crippen LogP contribution is -2.56. The Labute approximate surface area is 167 Å². The second-order valence-corrected chi connectivity index (χ2v) is 5.69. The monoisotopic (exact) mass is 422 g/mol. The normalized spacial score (nSPS) is 15.0. The van der Waals surface area contributed by atoms with E-state index in [4.69, 9.17) is 0 Å². The van der Waals surface area contributed by atoms with Gasteiger partial charge in [0.2, 0.25) is 0 Å². The third-order valence-electron chi connectivity index (χ3n) is 3.41. The van der Waals surface area contributed by atoms with Gasteiger partial charge >= 0.3 is 23.8 Å². The average Bonchev–Trinajstić information content (AvgIpc) is 3.14. The van der Waals surface area contributed by atoms with Gasteiger partial charge in [0.25, 0.3) is 23.6 Å². The summed E-state index contributed by atoms with van der Waals surface area (Å²) < 4.78 is 0. The zero-order valence-electron chi connectivity index (χ0n) is 15.6. The molecule has 2 aliphatic rings. The molecule has 30 heavy (non-hydrogen) atoms. The van der Waals surface area contributed by atoms with Crippen LogP contribution in [0.25, 0.3) is 0 Å². The minimum absolute atomic E-state index is 0.0939. The van der Waals surface area contributed by atoms with E-state index in [1.54, 1.807) is 0 Å². The highest BCUT2D eigenvalue weighted by atomic mass is 16.9. The molecule has 0 aliphatic carbocycles. The summed E-state index contributed by atoms with van der Waals surface area (Å²) >= 11 is 0. The van der Waals surface area contributed by atoms with Crippen molar-refractivity contribution in [1.29, 1.82) is 0 Å². The fraction of sp³-hybridized carbons (Fsp3) is 0.250. The van der Waals surface area contributed by atoms with Gasteiger partial charge in [0.1, 0.15) is 13.1 Å². The number of amides is 6. The van der Waals surface area contributed by atoms with Crippen molar-refractivity contribution in [3.05, 3.63) is 24.3 Å². The van der Waals surface area contributed by atoms with Crippen LogP contribution in [0, 0.1) is 0 Å². The minimum atomic E-state index is -1.33. The summed E-state index contributed by atoms with van der Waals surface area (Å²) in [6, 6.07) is 0. The highest BCUT2D eigenvalue weighted by molar-refractivity contribution is 6.15. The van der Waals surface area contributed by atoms with Crippen LogP contribution >= 0.6 is 0 Å². The fourth-order valence-corrected chi connectivity index (χ4v) is 2.19. The van der Waals surface area contributed by atoms with Gasteiger partial charge in [-0.2, -0.15) is 0 Å². The van der Waals surface area contributed by atoms with Crippen molar-refractivity contribution in [2.45, 2.75) is 13.8 Å². The van der Waals surface area contributed by atoms with Gasteiger partial charge in [-0.05, 0) is 10.3 Å². The number of rotatable bonds is 4. The molecule has 14 nitrogen and oxygen atoms in total. The molecular formula is C16H14N4O10. The van der Waals surface area contributed by atoms with Gasteiger partial charge in [-0.1, -0.05) is 0 Å². The first kappa shape index (κ1) is 21.9. The van der Waals surface area contributed by atoms with E-state index in [2.05, 4.69) is 9.68 Å². The van der Waals surface area contributed by atoms with Crippen LogP contribution in [0.2, 0.25) is 0 Å². The largest absolute Gasteiger partial charge is 0.332 e. The maximum absolute atomic E-state index is 12.5. The first-order chi connectivity index (χ1) is 14.0. The average molecular weight is 422 g/mol. The van der Waals surface area contributed by atoms with Crippen molar-refractivity contribution in [2.24, 2.45) is 0 Å². The fourth-order valence-electron chi connectivity index (χ4n) is 2.19. The molecule has 0 bridgehead atoms. The van der Waals surface area contributed by atoms with Crippen LogP contribution in [0.3, 0.4) is 0 Å². The van der Waals surface area contributed by atoms with Crippen molar-refractivity contribution in [3.8, 4) is 0 Å². The Morgan fingerprint density at radius 2 is 0.933 bits per heavy atom. The van der Waals surface area contributed by atoms with Crippen LogP contribution in [0.4, 0.5) is 0 Å². The molecule has 0 spiro atoms. The number of hydrogen-bond donors (Lipinski definition) is 0. The van der Waals surface area contributed by atoms with E-state index in [-0.39, 0.29) is 10.3 Å². The van der Waals surface area contributed by atoms with Gasteiger partial charge < -0.3 is 9.68 Å². The van der Waals surface area contributed by atoms with Crippen LogP contribution in [-0.2, 0) is 48.0 Å². The molecule has 0 fully saturated rings. The van der Waals surface area contributed by atoms with Gasteiger partial charge in [0.15, 0.2) is 0 Å². The molecule has 0 radical (unpaired) electrons. The quantitative estimate of drug-likeness (QED) is 0.345. The van der Waals surface area contributed by atoms with Crippen molar-refractivity contribution in [2.75, 3.05) is 13.1 Å². The molecule has 14 heteroatoms. The Kier molecular flexibility index (Phi) is 6.41. The lowest BCUT2D eigenvalue weighted by Gasteiger charge is -2.31. The first-order valence-electron chi connectivity index (χ1n) is 8.11. The van der Waals surface area contributed by atoms with Gasteiger partial charge in [-0.15, -0.1) is 0 Å². The van der Waals surface area contributed by atoms with Gasteiger partial charge in [0, 0.05) is 38.2 Å². The summed E-state index contributed by atoms with van der Waals surface area (Å²) in [5.41, 5.74) is 0. The Morgan fingerprint density at radius 1 is 0.667 bits per heavy atom. The van der Waals surface area contributed by atoms with Crippen LogP contribution in [0.5, 0.6) is 0 Å². The molecule has 2 heterocycles. The molecule has 0 aromatic carbocycles. The van der Waals surface area contributed by atoms with E-state index >= 15 is 0 Å². The van der Waals surface area contributed by atoms with Crippen molar-refractivity contribution >= 4 is 47.4 Å². The molecule has 2 aliphatic heterocycles. The summed E-state index contributed by atoms with van der Waals surface area (Å²) in [6.07, 6.45) is 3.55. The Balaban J connectivity index is 2.27. The molecule has 0 saturated carbocycles. The van der Waals surface area contributed by atoms with Gasteiger partial charge in [-0.3, -0.25) is 38.6 Å². The number of hydroxylamine groups is 2. The Hall–Kier alpha value is -4.36. The third kappa shape index (κ3) is 4.92. The lowest BCUT2D eigenvalue weighted by molar-refractivity contribution is -0.334. The molecule has 0 saturated heterocycles. The Bertz CT molecular complexity index is 811. The topological polar surface area (TPSA) is 168 Å². The van der Waals surface area contributed by atoms with Crippen molar-refractivity contribution in [1.82, 2.24) is 20.1 Å². The standard InChI is InChI=1S/C16H14N4O10/c1-9(21)29-19(15(27)7-17-11(23)3-4-12(17)24)20(30-10(2)22)16(28)8-18-13(25)5-6-14(18)26/h3-6H,7-8H2,1-2H3. The summed E-state index contributed by atoms with van der Waals surface area (Å²) in [7, 11) is 0. The predicted octanol–water partition coefficient (Wildman–Crippen LogP) is -2.64. The molecule has 6 amide bonds. The van der Waals surface area contributed by atoms with E-state index in [1.165, 1.54) is 0 Å². The molecular weight excluding hydrogens is 408 g/mol. The lowest BCUT2D eigenvalue weighted by atomic mass is 10.4. The predicted molar refractivity (Wildman–Crippen MR) is 88.9 cm³/mol. The summed E-state index contributed by atoms with van der Waals surface area (Å²) in [6.45, 7) is -0.262. The maximum Gasteiger partial charge on any atom is 0.332 e. The third-order valence-corrected chi connectivity index (χ3v) is 3.41. The van der Waals surface area contributed by atoms with Crippen LogP contribution in [-0.4, -0.2) is 80.6 Å². The van der Waals surface area contributed by atoms with Crippen LogP contribution in [0.15, 0.2) is 24.3 Å². The number of hydrazine groups is 1. The van der Waals surface area contributed by atoms with Crippen molar-refractivity contribution in [3.63, 3.8) is 0 Å². The van der Waals surface area contributed by atoms with E-state index < -0.39 is 60.5 Å². The highest BCUT2D eigenvalue weighted by Gasteiger charge is 2.38. The van der Waals surface area contributed by atoms with E-state index in [0.717, 1.165) is 38.2 Å². The first-order valence-corrected chi connectivity index (χ1v) is 8.11. The van der Waals surface area contributed by atoms with E-state index in [9.17, 15) is 38.4 Å². The highest BCUT2D eigenvalue weighted by Crippen LogP contribution is 2.11.